The van der Waals surface area contributed by atoms with Gasteiger partial charge in [-0.3, -0.25) is 0 Å². The van der Waals surface area contributed by atoms with Crippen molar-refractivity contribution in [2.45, 2.75) is 129 Å². The van der Waals surface area contributed by atoms with E-state index in [0.717, 1.165) is 39.3 Å². The van der Waals surface area contributed by atoms with E-state index >= 15 is 0 Å². The van der Waals surface area contributed by atoms with Gasteiger partial charge in [-0.05, 0) is 59.4 Å². The molecule has 0 atom stereocenters. The van der Waals surface area contributed by atoms with Crippen LogP contribution in [0.25, 0.3) is 33.0 Å². The Bertz CT molecular complexity index is 1320. The first-order valence-corrected chi connectivity index (χ1v) is 21.6. The van der Waals surface area contributed by atoms with Crippen LogP contribution in [0.15, 0.2) is 72.8 Å². The highest BCUT2D eigenvalue weighted by atomic mass is 32.1. The third-order valence-corrected chi connectivity index (χ3v) is 11.8. The van der Waals surface area contributed by atoms with E-state index in [1.165, 1.54) is 144 Å². The lowest BCUT2D eigenvalue weighted by Gasteiger charge is -2.04. The number of rotatable bonds is 28. The topological polar surface area (TPSA) is 18.5 Å². The van der Waals surface area contributed by atoms with Gasteiger partial charge in [-0.2, -0.15) is 0 Å². The van der Waals surface area contributed by atoms with E-state index < -0.39 is 0 Å². The molecule has 0 aliphatic carbocycles. The van der Waals surface area contributed by atoms with Gasteiger partial charge in [-0.1, -0.05) is 164 Å². The molecule has 0 aliphatic heterocycles. The number of thiophene rings is 2. The molecule has 0 saturated heterocycles. The van der Waals surface area contributed by atoms with Gasteiger partial charge in [0, 0.05) is 45.6 Å². The van der Waals surface area contributed by atoms with E-state index in [9.17, 15) is 0 Å². The molecule has 0 fully saturated rings. The second kappa shape index (κ2) is 25.5. The Labute approximate surface area is 313 Å². The minimum absolute atomic E-state index is 0.824. The van der Waals surface area contributed by atoms with Crippen molar-refractivity contribution < 1.29 is 9.47 Å². The number of hydrogen-bond acceptors (Lipinski definition) is 4. The number of unbranched alkanes of at least 4 members (excludes halogenated alkanes) is 14. The normalized spacial score (nSPS) is 11.6. The molecule has 0 amide bonds. The molecule has 0 aliphatic rings. The first-order chi connectivity index (χ1) is 24.7. The maximum absolute atomic E-state index is 5.94. The maximum Gasteiger partial charge on any atom is 0.0514 e. The largest absolute Gasteiger partial charge is 0.381 e. The van der Waals surface area contributed by atoms with Crippen LogP contribution >= 0.6 is 22.7 Å². The average molecular weight is 713 g/mol. The van der Waals surface area contributed by atoms with E-state index in [4.69, 9.17) is 9.47 Å². The molecule has 4 heteroatoms. The molecule has 4 aromatic rings. The summed E-state index contributed by atoms with van der Waals surface area (Å²) in [6.45, 7) is 8.01. The van der Waals surface area contributed by atoms with Crippen LogP contribution in [0.1, 0.15) is 137 Å². The summed E-state index contributed by atoms with van der Waals surface area (Å²) in [6, 6.07) is 26.9. The van der Waals surface area contributed by atoms with Crippen molar-refractivity contribution in [3.05, 3.63) is 93.7 Å². The van der Waals surface area contributed by atoms with Gasteiger partial charge in [0.1, 0.15) is 0 Å². The zero-order valence-corrected chi connectivity index (χ0v) is 32.9. The second-order valence-electron chi connectivity index (χ2n) is 13.8. The highest BCUT2D eigenvalue weighted by Crippen LogP contribution is 2.30. The van der Waals surface area contributed by atoms with Gasteiger partial charge in [0.2, 0.25) is 0 Å². The summed E-state index contributed by atoms with van der Waals surface area (Å²) >= 11 is 3.78. The van der Waals surface area contributed by atoms with Gasteiger partial charge in [-0.25, -0.2) is 0 Å². The summed E-state index contributed by atoms with van der Waals surface area (Å²) in [5, 5.41) is 0. The van der Waals surface area contributed by atoms with Crippen LogP contribution in [-0.2, 0) is 22.3 Å². The van der Waals surface area contributed by atoms with Crippen molar-refractivity contribution >= 4 is 34.8 Å². The minimum Gasteiger partial charge on any atom is -0.381 e. The van der Waals surface area contributed by atoms with Crippen molar-refractivity contribution in [2.24, 2.45) is 0 Å². The standard InChI is InChI=1S/C46H64O2S2/c1-3-5-7-9-11-13-15-17-35-47-37-33-43-29-31-45(49-43)41-25-21-39(22-26-41)19-20-40-23-27-42(28-24-40)46-32-30-44(50-46)34-38-48-36-18-16-14-12-10-8-6-4-2/h19-32H,3-18,33-38H2,1-2H3/b20-19+. The molecule has 2 aromatic carbocycles. The Hall–Kier alpha value is -2.50. The van der Waals surface area contributed by atoms with Crippen molar-refractivity contribution in [1.82, 2.24) is 0 Å². The third kappa shape index (κ3) is 16.2. The fourth-order valence-corrected chi connectivity index (χ4v) is 8.26. The summed E-state index contributed by atoms with van der Waals surface area (Å²) in [7, 11) is 0. The molecule has 2 heterocycles. The highest BCUT2D eigenvalue weighted by Gasteiger charge is 2.05. The second-order valence-corrected chi connectivity index (χ2v) is 16.1. The number of hydrogen-bond donors (Lipinski definition) is 0. The Morgan fingerprint density at radius 3 is 1.14 bits per heavy atom. The molecule has 0 radical (unpaired) electrons. The van der Waals surface area contributed by atoms with Crippen LogP contribution in [-0.4, -0.2) is 26.4 Å². The van der Waals surface area contributed by atoms with Crippen LogP contribution in [0.2, 0.25) is 0 Å². The summed E-state index contributed by atoms with van der Waals surface area (Å²) < 4.78 is 11.9. The molecule has 0 N–H and O–H groups in total. The molecule has 0 saturated carbocycles. The van der Waals surface area contributed by atoms with Gasteiger partial charge in [0.05, 0.1) is 13.2 Å². The smallest absolute Gasteiger partial charge is 0.0514 e. The van der Waals surface area contributed by atoms with Gasteiger partial charge in [0.15, 0.2) is 0 Å². The quantitative estimate of drug-likeness (QED) is 0.0431. The van der Waals surface area contributed by atoms with Gasteiger partial charge >= 0.3 is 0 Å². The molecular weight excluding hydrogens is 649 g/mol. The molecule has 50 heavy (non-hydrogen) atoms. The lowest BCUT2D eigenvalue weighted by atomic mass is 10.1. The predicted molar refractivity (Wildman–Crippen MR) is 223 cm³/mol. The fraction of sp³-hybridized carbons (Fsp3) is 0.522. The molecule has 272 valence electrons. The number of benzene rings is 2. The monoisotopic (exact) mass is 712 g/mol. The summed E-state index contributed by atoms with van der Waals surface area (Å²) in [5.41, 5.74) is 5.01. The van der Waals surface area contributed by atoms with Crippen molar-refractivity contribution in [3.8, 4) is 20.9 Å². The summed E-state index contributed by atoms with van der Waals surface area (Å²) in [4.78, 5) is 5.47. The summed E-state index contributed by atoms with van der Waals surface area (Å²) in [6.07, 6.45) is 28.0. The van der Waals surface area contributed by atoms with Crippen molar-refractivity contribution in [1.29, 1.82) is 0 Å². The molecule has 0 unspecified atom stereocenters. The maximum atomic E-state index is 5.94. The highest BCUT2D eigenvalue weighted by molar-refractivity contribution is 7.15. The Morgan fingerprint density at radius 2 is 0.760 bits per heavy atom. The first-order valence-electron chi connectivity index (χ1n) is 20.0. The zero-order chi connectivity index (χ0) is 34.9. The van der Waals surface area contributed by atoms with Crippen molar-refractivity contribution in [2.75, 3.05) is 26.4 Å². The lowest BCUT2D eigenvalue weighted by molar-refractivity contribution is 0.133. The average Bonchev–Trinajstić information content (AvgIpc) is 3.83. The number of ether oxygens (including phenoxy) is 2. The molecule has 4 rings (SSSR count). The van der Waals surface area contributed by atoms with Gasteiger partial charge in [-0.15, -0.1) is 22.7 Å². The van der Waals surface area contributed by atoms with Crippen LogP contribution in [0.4, 0.5) is 0 Å². The zero-order valence-electron chi connectivity index (χ0n) is 31.3. The third-order valence-electron chi connectivity index (χ3n) is 9.45. The summed E-state index contributed by atoms with van der Waals surface area (Å²) in [5.74, 6) is 0. The molecule has 0 spiro atoms. The van der Waals surface area contributed by atoms with Crippen molar-refractivity contribution in [3.63, 3.8) is 0 Å². The molecule has 2 nitrogen and oxygen atoms in total. The molecule has 2 aromatic heterocycles. The SMILES string of the molecule is CCCCCCCCCCOCCc1ccc(-c2ccc(/C=C/c3ccc(-c4ccc(CCOCCCCCCCCCC)s4)cc3)cc2)s1. The lowest BCUT2D eigenvalue weighted by Crippen LogP contribution is -1.99. The van der Waals surface area contributed by atoms with Crippen LogP contribution in [0.3, 0.4) is 0 Å². The Balaban J connectivity index is 1.10. The Morgan fingerprint density at radius 1 is 0.400 bits per heavy atom. The van der Waals surface area contributed by atoms with Gasteiger partial charge in [0.25, 0.3) is 0 Å². The van der Waals surface area contributed by atoms with E-state index in [0.29, 0.717) is 0 Å². The fourth-order valence-electron chi connectivity index (χ4n) is 6.27. The Kier molecular flexibility index (Phi) is 20.5. The minimum atomic E-state index is 0.824. The van der Waals surface area contributed by atoms with Crippen LogP contribution < -0.4 is 0 Å². The van der Waals surface area contributed by atoms with Crippen LogP contribution in [0, 0.1) is 0 Å². The predicted octanol–water partition coefficient (Wildman–Crippen LogP) is 14.7. The first kappa shape index (κ1) is 40.3. The van der Waals surface area contributed by atoms with E-state index in [1.807, 2.05) is 22.7 Å². The van der Waals surface area contributed by atoms with E-state index in [1.54, 1.807) is 0 Å². The molecule has 0 bridgehead atoms. The van der Waals surface area contributed by atoms with E-state index in [-0.39, 0.29) is 0 Å². The molecular formula is C46H64O2S2. The van der Waals surface area contributed by atoms with Crippen LogP contribution in [0.5, 0.6) is 0 Å². The van der Waals surface area contributed by atoms with E-state index in [2.05, 4.69) is 98.8 Å². The van der Waals surface area contributed by atoms with Gasteiger partial charge < -0.3 is 9.47 Å².